The number of fused-ring (bicyclic) bond motifs is 2. The number of rotatable bonds is 3. The number of nitrogens with zero attached hydrogens (tertiary/aromatic N) is 1. The molecule has 1 fully saturated rings. The minimum absolute atomic E-state index is 0.120. The highest BCUT2D eigenvalue weighted by atomic mass is 19.3. The van der Waals surface area contributed by atoms with Gasteiger partial charge in [0.2, 0.25) is 0 Å². The first kappa shape index (κ1) is 18.6. The van der Waals surface area contributed by atoms with Crippen molar-refractivity contribution in [1.82, 2.24) is 4.90 Å². The molecule has 3 rings (SSSR count). The van der Waals surface area contributed by atoms with E-state index in [-0.39, 0.29) is 23.9 Å². The van der Waals surface area contributed by atoms with Crippen molar-refractivity contribution in [2.75, 3.05) is 13.2 Å². The van der Waals surface area contributed by atoms with E-state index in [1.807, 2.05) is 32.9 Å². The van der Waals surface area contributed by atoms with Gasteiger partial charge >= 0.3 is 12.7 Å². The van der Waals surface area contributed by atoms with E-state index in [0.717, 1.165) is 11.1 Å². The summed E-state index contributed by atoms with van der Waals surface area (Å²) in [5, 5.41) is 0. The van der Waals surface area contributed by atoms with E-state index in [0.29, 0.717) is 19.6 Å². The van der Waals surface area contributed by atoms with Gasteiger partial charge in [-0.15, -0.1) is 0 Å². The summed E-state index contributed by atoms with van der Waals surface area (Å²) >= 11 is 0. The molecule has 26 heavy (non-hydrogen) atoms. The summed E-state index contributed by atoms with van der Waals surface area (Å²) in [6.45, 7) is 3.43. The van der Waals surface area contributed by atoms with E-state index in [9.17, 15) is 13.6 Å². The van der Waals surface area contributed by atoms with Gasteiger partial charge < -0.3 is 14.2 Å². The predicted molar refractivity (Wildman–Crippen MR) is 92.1 cm³/mol. The summed E-state index contributed by atoms with van der Waals surface area (Å²) < 4.78 is 40.5. The lowest BCUT2D eigenvalue weighted by Crippen LogP contribution is -2.57. The van der Waals surface area contributed by atoms with Crippen molar-refractivity contribution in [3.63, 3.8) is 0 Å². The average molecular weight is 367 g/mol. The first-order valence-electron chi connectivity index (χ1n) is 8.58. The molecule has 1 amide bonds. The summed E-state index contributed by atoms with van der Waals surface area (Å²) in [7, 11) is 0. The Labute approximate surface area is 151 Å². The second kappa shape index (κ2) is 7.23. The Morgan fingerprint density at radius 2 is 2.08 bits per heavy atom. The van der Waals surface area contributed by atoms with Gasteiger partial charge in [0.05, 0.1) is 25.3 Å². The summed E-state index contributed by atoms with van der Waals surface area (Å²) in [6, 6.07) is 6.23. The fourth-order valence-electron chi connectivity index (χ4n) is 3.28. The van der Waals surface area contributed by atoms with Crippen LogP contribution in [0.25, 0.3) is 5.57 Å². The molecule has 2 unspecified atom stereocenters. The zero-order valence-electron chi connectivity index (χ0n) is 15.1. The molecule has 2 bridgehead atoms. The molecule has 5 nitrogen and oxygen atoms in total. The first-order valence-corrected chi connectivity index (χ1v) is 8.58. The van der Waals surface area contributed by atoms with Crippen LogP contribution in [0.2, 0.25) is 0 Å². The predicted octanol–water partition coefficient (Wildman–Crippen LogP) is 4.08. The second-order valence-electron chi connectivity index (χ2n) is 7.45. The topological polar surface area (TPSA) is 48.0 Å². The lowest BCUT2D eigenvalue weighted by molar-refractivity contribution is -0.0516. The number of alkyl halides is 2. The monoisotopic (exact) mass is 367 g/mol. The molecule has 2 atom stereocenters. The standard InChI is InChI=1S/C19H23F2NO4/c1-19(2,3)26-18(23)22-14-7-13(8-15(22)11-24-10-14)12-5-4-6-16(9-12)25-17(20)21/h4-7,9,14-15,17H,8,10-11H2,1-3H3. The lowest BCUT2D eigenvalue weighted by Gasteiger charge is -2.44. The lowest BCUT2D eigenvalue weighted by atomic mass is 9.90. The number of ether oxygens (including phenoxy) is 3. The van der Waals surface area contributed by atoms with Crippen LogP contribution in [0.4, 0.5) is 13.6 Å². The molecule has 0 spiro atoms. The maximum Gasteiger partial charge on any atom is 0.411 e. The Morgan fingerprint density at radius 1 is 1.31 bits per heavy atom. The Hall–Kier alpha value is -2.15. The SMILES string of the molecule is CC(C)(C)OC(=O)N1C2C=C(c3cccc(OC(F)F)c3)CC1COC2. The number of amides is 1. The van der Waals surface area contributed by atoms with Gasteiger partial charge in [0.25, 0.3) is 0 Å². The molecule has 0 radical (unpaired) electrons. The van der Waals surface area contributed by atoms with E-state index < -0.39 is 12.2 Å². The Balaban J connectivity index is 1.83. The largest absolute Gasteiger partial charge is 0.444 e. The molecule has 1 aromatic rings. The maximum absolute atomic E-state index is 12.6. The highest BCUT2D eigenvalue weighted by Gasteiger charge is 2.40. The molecular formula is C19H23F2NO4. The van der Waals surface area contributed by atoms with Crippen molar-refractivity contribution in [3.05, 3.63) is 35.9 Å². The summed E-state index contributed by atoms with van der Waals surface area (Å²) in [5.74, 6) is 0.120. The smallest absolute Gasteiger partial charge is 0.411 e. The number of benzene rings is 1. The van der Waals surface area contributed by atoms with Gasteiger partial charge in [-0.3, -0.25) is 4.90 Å². The highest BCUT2D eigenvalue weighted by molar-refractivity contribution is 5.75. The van der Waals surface area contributed by atoms with Crippen molar-refractivity contribution in [3.8, 4) is 5.75 Å². The minimum Gasteiger partial charge on any atom is -0.444 e. The van der Waals surface area contributed by atoms with Crippen LogP contribution in [0.15, 0.2) is 30.3 Å². The minimum atomic E-state index is -2.86. The molecule has 1 saturated heterocycles. The van der Waals surface area contributed by atoms with E-state index in [1.165, 1.54) is 6.07 Å². The highest BCUT2D eigenvalue weighted by Crippen LogP contribution is 2.34. The quantitative estimate of drug-likeness (QED) is 0.808. The van der Waals surface area contributed by atoms with Crippen LogP contribution >= 0.6 is 0 Å². The molecule has 1 aromatic carbocycles. The molecular weight excluding hydrogens is 344 g/mol. The summed E-state index contributed by atoms with van der Waals surface area (Å²) in [4.78, 5) is 14.3. The van der Waals surface area contributed by atoms with Gasteiger partial charge in [-0.25, -0.2) is 4.79 Å². The van der Waals surface area contributed by atoms with Crippen LogP contribution in [0.5, 0.6) is 5.75 Å². The second-order valence-corrected chi connectivity index (χ2v) is 7.45. The zero-order chi connectivity index (χ0) is 18.9. The molecule has 2 heterocycles. The van der Waals surface area contributed by atoms with E-state index in [1.54, 1.807) is 17.0 Å². The summed E-state index contributed by atoms with van der Waals surface area (Å²) in [6.07, 6.45) is 2.15. The van der Waals surface area contributed by atoms with Crippen molar-refractivity contribution >= 4 is 11.7 Å². The van der Waals surface area contributed by atoms with Gasteiger partial charge in [-0.1, -0.05) is 18.2 Å². The molecule has 7 heteroatoms. The number of halogens is 2. The van der Waals surface area contributed by atoms with E-state index in [4.69, 9.17) is 9.47 Å². The van der Waals surface area contributed by atoms with Crippen molar-refractivity contribution < 1.29 is 27.8 Å². The number of carbonyl (C=O) groups excluding carboxylic acids is 1. The number of hydrogen-bond donors (Lipinski definition) is 0. The zero-order valence-corrected chi connectivity index (χ0v) is 15.1. The average Bonchev–Trinajstić information content (AvgIpc) is 2.51. The van der Waals surface area contributed by atoms with Crippen molar-refractivity contribution in [2.24, 2.45) is 0 Å². The van der Waals surface area contributed by atoms with E-state index in [2.05, 4.69) is 4.74 Å². The first-order chi connectivity index (χ1) is 12.2. The molecule has 0 aromatic heterocycles. The van der Waals surface area contributed by atoms with Gasteiger partial charge in [-0.2, -0.15) is 8.78 Å². The third kappa shape index (κ3) is 4.33. The normalized spacial score (nSPS) is 22.8. The molecule has 142 valence electrons. The maximum atomic E-state index is 12.6. The van der Waals surface area contributed by atoms with Crippen LogP contribution in [0.1, 0.15) is 32.8 Å². The third-order valence-electron chi connectivity index (χ3n) is 4.23. The summed E-state index contributed by atoms with van der Waals surface area (Å²) in [5.41, 5.74) is 1.23. The van der Waals surface area contributed by atoms with Gasteiger partial charge in [0.1, 0.15) is 11.4 Å². The molecule has 0 aliphatic carbocycles. The van der Waals surface area contributed by atoms with Crippen LogP contribution in [0, 0.1) is 0 Å². The Morgan fingerprint density at radius 3 is 2.73 bits per heavy atom. The van der Waals surface area contributed by atoms with Crippen LogP contribution in [0.3, 0.4) is 0 Å². The van der Waals surface area contributed by atoms with Crippen LogP contribution < -0.4 is 4.74 Å². The van der Waals surface area contributed by atoms with Crippen molar-refractivity contribution in [2.45, 2.75) is 51.5 Å². The molecule has 0 saturated carbocycles. The molecule has 0 N–H and O–H groups in total. The molecule has 2 aliphatic heterocycles. The van der Waals surface area contributed by atoms with Gasteiger partial charge in [0, 0.05) is 0 Å². The number of morpholine rings is 1. The fraction of sp³-hybridized carbons (Fsp3) is 0.526. The van der Waals surface area contributed by atoms with Gasteiger partial charge in [0.15, 0.2) is 0 Å². The number of hydrogen-bond acceptors (Lipinski definition) is 4. The fourth-order valence-corrected chi connectivity index (χ4v) is 3.28. The van der Waals surface area contributed by atoms with E-state index >= 15 is 0 Å². The Kier molecular flexibility index (Phi) is 5.18. The van der Waals surface area contributed by atoms with Crippen LogP contribution in [-0.4, -0.2) is 48.5 Å². The Bertz CT molecular complexity index is 699. The molecule has 2 aliphatic rings. The van der Waals surface area contributed by atoms with Crippen molar-refractivity contribution in [1.29, 1.82) is 0 Å². The van der Waals surface area contributed by atoms with Gasteiger partial charge in [-0.05, 0) is 50.5 Å². The number of carbonyl (C=O) groups is 1. The third-order valence-corrected chi connectivity index (χ3v) is 4.23. The van der Waals surface area contributed by atoms with Crippen LogP contribution in [-0.2, 0) is 9.47 Å².